The third kappa shape index (κ3) is 2.10. The Morgan fingerprint density at radius 3 is 2.87 bits per heavy atom. The summed E-state index contributed by atoms with van der Waals surface area (Å²) in [6, 6.07) is 0. The standard InChI is InChI=1S/C10H10N2O2.ClH/c1-14-6-2-3-9-7(4-6)8(11)5-10(13)12-9;/h2-5,7H,11H2,1H3;1H. The summed E-state index contributed by atoms with van der Waals surface area (Å²) in [5.41, 5.74) is 6.91. The molecule has 0 saturated heterocycles. The summed E-state index contributed by atoms with van der Waals surface area (Å²) >= 11 is 0. The fourth-order valence-electron chi connectivity index (χ4n) is 1.48. The van der Waals surface area contributed by atoms with Gasteiger partial charge in [-0.1, -0.05) is 0 Å². The van der Waals surface area contributed by atoms with E-state index in [9.17, 15) is 4.79 Å². The van der Waals surface area contributed by atoms with Gasteiger partial charge in [0.25, 0.3) is 5.91 Å². The van der Waals surface area contributed by atoms with E-state index in [-0.39, 0.29) is 24.2 Å². The summed E-state index contributed by atoms with van der Waals surface area (Å²) < 4.78 is 5.07. The third-order valence-electron chi connectivity index (χ3n) is 2.19. The van der Waals surface area contributed by atoms with Crippen LogP contribution in [0.25, 0.3) is 0 Å². The molecule has 0 saturated carbocycles. The number of aliphatic imine (C=N–C) groups is 1. The van der Waals surface area contributed by atoms with Gasteiger partial charge in [-0.15, -0.1) is 12.4 Å². The molecule has 5 heteroatoms. The third-order valence-corrected chi connectivity index (χ3v) is 2.19. The molecule has 1 unspecified atom stereocenters. The highest BCUT2D eigenvalue weighted by molar-refractivity contribution is 6.12. The van der Waals surface area contributed by atoms with Crippen molar-refractivity contribution in [1.82, 2.24) is 0 Å². The lowest BCUT2D eigenvalue weighted by molar-refractivity contribution is -0.113. The lowest BCUT2D eigenvalue weighted by Crippen LogP contribution is -2.26. The number of nitrogens with zero attached hydrogens (tertiary/aromatic N) is 1. The maximum atomic E-state index is 11.0. The number of carbonyl (C=O) groups excluding carboxylic acids is 1. The Morgan fingerprint density at radius 1 is 1.47 bits per heavy atom. The smallest absolute Gasteiger partial charge is 0.271 e. The summed E-state index contributed by atoms with van der Waals surface area (Å²) in [5.74, 6) is 0.319. The predicted octanol–water partition coefficient (Wildman–Crippen LogP) is 0.948. The molecule has 0 bridgehead atoms. The van der Waals surface area contributed by atoms with Gasteiger partial charge in [0, 0.05) is 11.8 Å². The highest BCUT2D eigenvalue weighted by Crippen LogP contribution is 2.22. The van der Waals surface area contributed by atoms with Crippen molar-refractivity contribution >= 4 is 24.0 Å². The molecule has 0 fully saturated rings. The van der Waals surface area contributed by atoms with Crippen LogP contribution in [0.5, 0.6) is 0 Å². The van der Waals surface area contributed by atoms with Crippen molar-refractivity contribution in [1.29, 1.82) is 0 Å². The fourth-order valence-corrected chi connectivity index (χ4v) is 1.48. The van der Waals surface area contributed by atoms with Gasteiger partial charge in [-0.3, -0.25) is 4.79 Å². The molecule has 15 heavy (non-hydrogen) atoms. The second-order valence-electron chi connectivity index (χ2n) is 3.10. The molecule has 1 heterocycles. The number of nitrogens with two attached hydrogens (primary N) is 1. The number of amides is 1. The van der Waals surface area contributed by atoms with Crippen LogP contribution in [0, 0.1) is 5.92 Å². The van der Waals surface area contributed by atoms with E-state index >= 15 is 0 Å². The lowest BCUT2D eigenvalue weighted by atomic mass is 9.92. The largest absolute Gasteiger partial charge is 0.497 e. The van der Waals surface area contributed by atoms with E-state index in [1.165, 1.54) is 6.08 Å². The maximum absolute atomic E-state index is 11.0. The number of methoxy groups -OCH3 is 1. The molecule has 0 aromatic rings. The first-order valence-electron chi connectivity index (χ1n) is 4.24. The number of allylic oxidation sites excluding steroid dienone is 3. The zero-order valence-corrected chi connectivity index (χ0v) is 8.95. The number of carbonyl (C=O) groups is 1. The number of halogens is 1. The van der Waals surface area contributed by atoms with Crippen LogP contribution >= 0.6 is 12.4 Å². The van der Waals surface area contributed by atoms with Crippen LogP contribution in [0.3, 0.4) is 0 Å². The van der Waals surface area contributed by atoms with Crippen molar-refractivity contribution in [2.75, 3.05) is 7.11 Å². The van der Waals surface area contributed by atoms with Gasteiger partial charge in [0.15, 0.2) is 0 Å². The van der Waals surface area contributed by atoms with Gasteiger partial charge in [-0.25, -0.2) is 4.99 Å². The average molecular weight is 227 g/mol. The van der Waals surface area contributed by atoms with Gasteiger partial charge in [-0.2, -0.15) is 0 Å². The van der Waals surface area contributed by atoms with E-state index in [1.54, 1.807) is 19.3 Å². The van der Waals surface area contributed by atoms with Crippen molar-refractivity contribution in [2.45, 2.75) is 0 Å². The first kappa shape index (κ1) is 11.5. The van der Waals surface area contributed by atoms with Gasteiger partial charge in [0.05, 0.1) is 18.7 Å². The molecule has 4 nitrogen and oxygen atoms in total. The Morgan fingerprint density at radius 2 is 2.20 bits per heavy atom. The molecule has 2 N–H and O–H groups in total. The van der Waals surface area contributed by atoms with Crippen molar-refractivity contribution < 1.29 is 9.53 Å². The maximum Gasteiger partial charge on any atom is 0.271 e. The molecule has 1 amide bonds. The van der Waals surface area contributed by atoms with E-state index in [0.717, 1.165) is 5.76 Å². The topological polar surface area (TPSA) is 64.7 Å². The Kier molecular flexibility index (Phi) is 3.31. The zero-order valence-electron chi connectivity index (χ0n) is 8.14. The highest BCUT2D eigenvalue weighted by Gasteiger charge is 2.23. The van der Waals surface area contributed by atoms with E-state index in [0.29, 0.717) is 11.4 Å². The van der Waals surface area contributed by atoms with Crippen molar-refractivity contribution in [3.63, 3.8) is 0 Å². The Labute approximate surface area is 93.6 Å². The highest BCUT2D eigenvalue weighted by atomic mass is 35.5. The molecular formula is C10H11ClN2O2. The SMILES string of the molecule is COC1=CC2C(N)=CC(=O)N=C2C=C1.Cl. The van der Waals surface area contributed by atoms with Crippen LogP contribution in [0.2, 0.25) is 0 Å². The fraction of sp³-hybridized carbons (Fsp3) is 0.200. The Balaban J connectivity index is 0.00000112. The van der Waals surface area contributed by atoms with Crippen LogP contribution in [0.4, 0.5) is 0 Å². The molecule has 1 aliphatic heterocycles. The summed E-state index contributed by atoms with van der Waals surface area (Å²) in [6.07, 6.45) is 6.71. The van der Waals surface area contributed by atoms with Crippen molar-refractivity contribution in [2.24, 2.45) is 16.6 Å². The summed E-state index contributed by atoms with van der Waals surface area (Å²) in [6.45, 7) is 0. The molecule has 2 rings (SSSR count). The number of fused-ring (bicyclic) bond motifs is 1. The molecule has 2 aliphatic rings. The Hall–Kier alpha value is -1.55. The minimum Gasteiger partial charge on any atom is -0.497 e. The minimum atomic E-state index is -0.298. The monoisotopic (exact) mass is 226 g/mol. The van der Waals surface area contributed by atoms with Gasteiger partial charge in [-0.05, 0) is 18.2 Å². The van der Waals surface area contributed by atoms with Gasteiger partial charge >= 0.3 is 0 Å². The molecule has 0 aromatic carbocycles. The molecule has 1 aliphatic carbocycles. The van der Waals surface area contributed by atoms with Crippen LogP contribution in [-0.2, 0) is 9.53 Å². The first-order chi connectivity index (χ1) is 6.70. The van der Waals surface area contributed by atoms with E-state index < -0.39 is 0 Å². The summed E-state index contributed by atoms with van der Waals surface area (Å²) in [4.78, 5) is 14.9. The van der Waals surface area contributed by atoms with Crippen molar-refractivity contribution in [3.05, 3.63) is 35.8 Å². The molecule has 1 atom stereocenters. The van der Waals surface area contributed by atoms with E-state index in [2.05, 4.69) is 4.99 Å². The predicted molar refractivity (Wildman–Crippen MR) is 59.7 cm³/mol. The second-order valence-corrected chi connectivity index (χ2v) is 3.10. The second kappa shape index (κ2) is 4.31. The van der Waals surface area contributed by atoms with Crippen LogP contribution in [0.1, 0.15) is 0 Å². The van der Waals surface area contributed by atoms with Crippen LogP contribution in [-0.4, -0.2) is 18.7 Å². The van der Waals surface area contributed by atoms with E-state index in [1.807, 2.05) is 6.08 Å². The quantitative estimate of drug-likeness (QED) is 0.724. The van der Waals surface area contributed by atoms with E-state index in [4.69, 9.17) is 10.5 Å². The Bertz CT molecular complexity index is 408. The summed E-state index contributed by atoms with van der Waals surface area (Å²) in [7, 11) is 1.59. The molecule has 0 aromatic heterocycles. The minimum absolute atomic E-state index is 0. The number of ether oxygens (including phenoxy) is 1. The van der Waals surface area contributed by atoms with Crippen LogP contribution < -0.4 is 5.73 Å². The zero-order chi connectivity index (χ0) is 10.1. The van der Waals surface area contributed by atoms with Gasteiger partial charge in [0.1, 0.15) is 5.76 Å². The number of hydrogen-bond donors (Lipinski definition) is 1. The lowest BCUT2D eigenvalue weighted by Gasteiger charge is -2.20. The average Bonchev–Trinajstić information content (AvgIpc) is 2.17. The first-order valence-corrected chi connectivity index (χ1v) is 4.24. The number of rotatable bonds is 1. The van der Waals surface area contributed by atoms with Gasteiger partial charge in [0.2, 0.25) is 0 Å². The summed E-state index contributed by atoms with van der Waals surface area (Å²) in [5, 5.41) is 0. The number of dihydropyridines is 1. The normalized spacial score (nSPS) is 23.1. The number of hydrogen-bond acceptors (Lipinski definition) is 3. The molecule has 0 spiro atoms. The molecule has 80 valence electrons. The van der Waals surface area contributed by atoms with Crippen LogP contribution in [0.15, 0.2) is 40.8 Å². The molecular weight excluding hydrogens is 216 g/mol. The molecule has 0 radical (unpaired) electrons. The van der Waals surface area contributed by atoms with Crippen molar-refractivity contribution in [3.8, 4) is 0 Å². The van der Waals surface area contributed by atoms with Gasteiger partial charge < -0.3 is 10.5 Å².